The van der Waals surface area contributed by atoms with Crippen molar-refractivity contribution in [3.63, 3.8) is 0 Å². The van der Waals surface area contributed by atoms with Crippen LogP contribution < -0.4 is 9.46 Å². The number of nitrogens with zero attached hydrogens (tertiary/aromatic N) is 2. The largest absolute Gasteiger partial charge is 0.497 e. The van der Waals surface area contributed by atoms with Crippen molar-refractivity contribution < 1.29 is 22.8 Å². The number of hydrogen-bond donors (Lipinski definition) is 1. The molecular weight excluding hydrogens is 386 g/mol. The average Bonchev–Trinajstić information content (AvgIpc) is 2.73. The number of ether oxygens (including phenoxy) is 2. The lowest BCUT2D eigenvalue weighted by atomic mass is 9.80. The van der Waals surface area contributed by atoms with Crippen molar-refractivity contribution in [1.29, 1.82) is 0 Å². The van der Waals surface area contributed by atoms with Crippen LogP contribution in [0.5, 0.6) is 5.75 Å². The number of rotatable bonds is 7. The molecule has 10 heteroatoms. The molecule has 1 N–H and O–H groups in total. The van der Waals surface area contributed by atoms with Crippen molar-refractivity contribution >= 4 is 15.7 Å². The monoisotopic (exact) mass is 413 g/mol. The number of benzene rings is 1. The minimum Gasteiger partial charge on any atom is -0.497 e. The van der Waals surface area contributed by atoms with Gasteiger partial charge in [0.1, 0.15) is 5.75 Å². The minimum atomic E-state index is -4.04. The Balaban J connectivity index is 1.84. The van der Waals surface area contributed by atoms with Crippen LogP contribution in [0.25, 0.3) is 0 Å². The number of sulfonamides is 1. The first-order chi connectivity index (χ1) is 13.4. The Morgan fingerprint density at radius 3 is 2.54 bits per heavy atom. The summed E-state index contributed by atoms with van der Waals surface area (Å²) in [7, 11) is -2.67. The molecule has 1 aromatic carbocycles. The maximum atomic E-state index is 12.9. The Morgan fingerprint density at radius 1 is 1.25 bits per heavy atom. The van der Waals surface area contributed by atoms with Gasteiger partial charge in [0.25, 0.3) is 5.69 Å². The highest BCUT2D eigenvalue weighted by molar-refractivity contribution is 7.89. The van der Waals surface area contributed by atoms with Crippen LogP contribution in [-0.2, 0) is 14.8 Å². The lowest BCUT2D eigenvalue weighted by molar-refractivity contribution is -0.387. The molecule has 1 saturated heterocycles. The Kier molecular flexibility index (Phi) is 6.54. The van der Waals surface area contributed by atoms with E-state index in [2.05, 4.69) is 9.62 Å². The lowest BCUT2D eigenvalue weighted by Crippen LogP contribution is -2.59. The van der Waals surface area contributed by atoms with Gasteiger partial charge in [-0.25, -0.2) is 13.1 Å². The summed E-state index contributed by atoms with van der Waals surface area (Å²) >= 11 is 0. The molecule has 0 spiro atoms. The third-order valence-corrected chi connectivity index (χ3v) is 7.16. The van der Waals surface area contributed by atoms with E-state index < -0.39 is 20.6 Å². The summed E-state index contributed by atoms with van der Waals surface area (Å²) in [6, 6.07) is 3.77. The molecule has 2 aliphatic rings. The van der Waals surface area contributed by atoms with Gasteiger partial charge in [0.2, 0.25) is 10.0 Å². The highest BCUT2D eigenvalue weighted by atomic mass is 32.2. The summed E-state index contributed by atoms with van der Waals surface area (Å²) in [5, 5.41) is 11.4. The number of methoxy groups -OCH3 is 1. The first-order valence-corrected chi connectivity index (χ1v) is 11.0. The summed E-state index contributed by atoms with van der Waals surface area (Å²) in [6.45, 7) is 3.05. The molecule has 1 aliphatic heterocycles. The molecule has 1 heterocycles. The summed E-state index contributed by atoms with van der Waals surface area (Å²) in [5.74, 6) is 0.239. The summed E-state index contributed by atoms with van der Waals surface area (Å²) in [5.41, 5.74) is -0.757. The van der Waals surface area contributed by atoms with E-state index in [1.807, 2.05) is 0 Å². The molecular formula is C18H27N3O6S. The van der Waals surface area contributed by atoms with Crippen LogP contribution in [0, 0.1) is 10.1 Å². The van der Waals surface area contributed by atoms with Crippen LogP contribution in [0.15, 0.2) is 23.1 Å². The van der Waals surface area contributed by atoms with E-state index >= 15 is 0 Å². The molecule has 0 bridgehead atoms. The Morgan fingerprint density at radius 2 is 1.93 bits per heavy atom. The van der Waals surface area contributed by atoms with Crippen molar-refractivity contribution in [2.75, 3.05) is 40.0 Å². The predicted molar refractivity (Wildman–Crippen MR) is 103 cm³/mol. The van der Waals surface area contributed by atoms with Gasteiger partial charge in [0.15, 0.2) is 4.90 Å². The van der Waals surface area contributed by atoms with Gasteiger partial charge in [-0.3, -0.25) is 15.0 Å². The highest BCUT2D eigenvalue weighted by Crippen LogP contribution is 2.35. The second kappa shape index (κ2) is 8.73. The normalized spacial score (nSPS) is 20.6. The number of nitro groups is 1. The van der Waals surface area contributed by atoms with E-state index in [9.17, 15) is 18.5 Å². The first kappa shape index (κ1) is 21.0. The molecule has 0 amide bonds. The maximum absolute atomic E-state index is 12.9. The van der Waals surface area contributed by atoms with Gasteiger partial charge in [0.05, 0.1) is 31.3 Å². The van der Waals surface area contributed by atoms with Crippen LogP contribution in [0.1, 0.15) is 32.1 Å². The smallest absolute Gasteiger partial charge is 0.293 e. The van der Waals surface area contributed by atoms with Crippen molar-refractivity contribution in [1.82, 2.24) is 9.62 Å². The van der Waals surface area contributed by atoms with Gasteiger partial charge in [-0.15, -0.1) is 0 Å². The molecule has 2 fully saturated rings. The zero-order valence-electron chi connectivity index (χ0n) is 16.1. The second-order valence-electron chi connectivity index (χ2n) is 7.30. The van der Waals surface area contributed by atoms with Crippen LogP contribution >= 0.6 is 0 Å². The SMILES string of the molecule is COc1ccc(S(=O)(=O)NCC2(N3CCOCC3)CCCCC2)c([N+](=O)[O-])c1. The van der Waals surface area contributed by atoms with Crippen LogP contribution in [0.2, 0.25) is 0 Å². The highest BCUT2D eigenvalue weighted by Gasteiger charge is 2.40. The maximum Gasteiger partial charge on any atom is 0.293 e. The van der Waals surface area contributed by atoms with Crippen LogP contribution in [0.3, 0.4) is 0 Å². The number of morpholine rings is 1. The van der Waals surface area contributed by atoms with Crippen LogP contribution in [-0.4, -0.2) is 63.7 Å². The molecule has 9 nitrogen and oxygen atoms in total. The molecule has 0 unspecified atom stereocenters. The number of nitrogens with one attached hydrogen (secondary N) is 1. The van der Waals surface area contributed by atoms with Gasteiger partial charge in [-0.2, -0.15) is 0 Å². The van der Waals surface area contributed by atoms with Crippen molar-refractivity contribution in [3.05, 3.63) is 28.3 Å². The van der Waals surface area contributed by atoms with Crippen molar-refractivity contribution in [2.24, 2.45) is 0 Å². The molecule has 1 aromatic rings. The third kappa shape index (κ3) is 4.45. The summed E-state index contributed by atoms with van der Waals surface area (Å²) < 4.78 is 38.9. The lowest BCUT2D eigenvalue weighted by Gasteiger charge is -2.48. The van der Waals surface area contributed by atoms with E-state index in [0.29, 0.717) is 13.2 Å². The fourth-order valence-electron chi connectivity index (χ4n) is 4.15. The predicted octanol–water partition coefficient (Wildman–Crippen LogP) is 1.92. The standard InChI is InChI=1S/C18H27N3O6S/c1-26-15-5-6-17(16(13-15)21(22)23)28(24,25)19-14-18(7-3-2-4-8-18)20-9-11-27-12-10-20/h5-6,13,19H,2-4,7-12,14H2,1H3. The Hall–Kier alpha value is -1.75. The van der Waals surface area contributed by atoms with Crippen LogP contribution in [0.4, 0.5) is 5.69 Å². The van der Waals surface area contributed by atoms with Crippen molar-refractivity contribution in [3.8, 4) is 5.75 Å². The van der Waals surface area contributed by atoms with E-state index in [-0.39, 0.29) is 22.7 Å². The van der Waals surface area contributed by atoms with Crippen molar-refractivity contribution in [2.45, 2.75) is 42.5 Å². The summed E-state index contributed by atoms with van der Waals surface area (Å²) in [6.07, 6.45) is 5.03. The summed E-state index contributed by atoms with van der Waals surface area (Å²) in [4.78, 5) is 12.7. The first-order valence-electron chi connectivity index (χ1n) is 9.53. The second-order valence-corrected chi connectivity index (χ2v) is 9.04. The zero-order chi connectivity index (χ0) is 20.2. The zero-order valence-corrected chi connectivity index (χ0v) is 16.9. The molecule has 0 atom stereocenters. The molecule has 0 radical (unpaired) electrons. The van der Waals surface area contributed by atoms with Gasteiger partial charge >= 0.3 is 0 Å². The molecule has 28 heavy (non-hydrogen) atoms. The van der Waals surface area contributed by atoms with E-state index in [4.69, 9.17) is 9.47 Å². The van der Waals surface area contributed by atoms with Gasteiger partial charge in [-0.1, -0.05) is 19.3 Å². The van der Waals surface area contributed by atoms with E-state index in [1.165, 1.54) is 19.2 Å². The van der Waals surface area contributed by atoms with Gasteiger partial charge in [-0.05, 0) is 25.0 Å². The molecule has 3 rings (SSSR count). The Bertz CT molecular complexity index is 802. The van der Waals surface area contributed by atoms with E-state index in [1.54, 1.807) is 0 Å². The molecule has 0 aromatic heterocycles. The van der Waals surface area contributed by atoms with E-state index in [0.717, 1.165) is 51.3 Å². The Labute approximate surface area is 165 Å². The topological polar surface area (TPSA) is 111 Å². The number of hydrogen-bond acceptors (Lipinski definition) is 7. The number of nitro benzene ring substituents is 1. The third-order valence-electron chi connectivity index (χ3n) is 5.71. The van der Waals surface area contributed by atoms with Gasteiger partial charge < -0.3 is 9.47 Å². The quantitative estimate of drug-likeness (QED) is 0.537. The molecule has 1 saturated carbocycles. The van der Waals surface area contributed by atoms with Gasteiger partial charge in [0, 0.05) is 25.2 Å². The average molecular weight is 413 g/mol. The molecule has 1 aliphatic carbocycles. The minimum absolute atomic E-state index is 0.235. The fraction of sp³-hybridized carbons (Fsp3) is 0.667. The fourth-order valence-corrected chi connectivity index (χ4v) is 5.42. The molecule has 156 valence electrons.